The van der Waals surface area contributed by atoms with Crippen LogP contribution in [0.25, 0.3) is 0 Å². The first-order chi connectivity index (χ1) is 7.32. The predicted molar refractivity (Wildman–Crippen MR) is 46.3 cm³/mol. The molecule has 0 aromatic carbocycles. The molecule has 1 aromatic rings. The third kappa shape index (κ3) is 2.69. The van der Waals surface area contributed by atoms with Gasteiger partial charge in [0, 0.05) is 6.20 Å². The highest BCUT2D eigenvalue weighted by atomic mass is 19.4. The summed E-state index contributed by atoms with van der Waals surface area (Å²) in [6.07, 6.45) is -5.61. The third-order valence-electron chi connectivity index (χ3n) is 1.54. The van der Waals surface area contributed by atoms with Crippen molar-refractivity contribution in [1.29, 1.82) is 0 Å². The Bertz CT molecular complexity index is 431. The second-order valence-corrected chi connectivity index (χ2v) is 2.66. The number of ketones is 1. The molecule has 16 heavy (non-hydrogen) atoms. The van der Waals surface area contributed by atoms with Crippen LogP contribution in [0.2, 0.25) is 0 Å². The van der Waals surface area contributed by atoms with E-state index in [1.807, 2.05) is 0 Å². The normalized spacial score (nSPS) is 10.9. The van der Waals surface area contributed by atoms with Gasteiger partial charge in [0.1, 0.15) is 5.82 Å². The van der Waals surface area contributed by atoms with Crippen molar-refractivity contribution >= 4 is 17.7 Å². The van der Waals surface area contributed by atoms with Crippen molar-refractivity contribution < 1.29 is 27.9 Å². The van der Waals surface area contributed by atoms with Crippen molar-refractivity contribution in [2.24, 2.45) is 0 Å². The minimum absolute atomic E-state index is 0.641. The maximum atomic E-state index is 12.1. The predicted octanol–water partition coefficient (Wildman–Crippen LogP) is 1.92. The van der Waals surface area contributed by atoms with Gasteiger partial charge < -0.3 is 5.11 Å². The molecule has 0 spiro atoms. The summed E-state index contributed by atoms with van der Waals surface area (Å²) in [4.78, 5) is 24.5. The standard InChI is InChI=1S/C8H5F3N2O3/c9-8(10,11)5(14)4-2-1-3-12-6(4)13-7(15)16/h1-3H,(H,12,13)(H,15,16). The average Bonchev–Trinajstić information content (AvgIpc) is 2.15. The number of carboxylic acid groups (broad SMARTS) is 1. The van der Waals surface area contributed by atoms with Crippen LogP contribution in [0.5, 0.6) is 0 Å². The van der Waals surface area contributed by atoms with Crippen LogP contribution >= 0.6 is 0 Å². The molecule has 1 heterocycles. The number of hydrogen-bond acceptors (Lipinski definition) is 3. The number of alkyl halides is 3. The van der Waals surface area contributed by atoms with E-state index in [1.54, 1.807) is 5.32 Å². The maximum absolute atomic E-state index is 12.1. The molecular formula is C8H5F3N2O3. The van der Waals surface area contributed by atoms with E-state index in [9.17, 15) is 22.8 Å². The molecule has 0 saturated carbocycles. The Morgan fingerprint density at radius 2 is 2.00 bits per heavy atom. The van der Waals surface area contributed by atoms with E-state index in [1.165, 1.54) is 0 Å². The van der Waals surface area contributed by atoms with E-state index in [-0.39, 0.29) is 0 Å². The van der Waals surface area contributed by atoms with Crippen molar-refractivity contribution in [3.8, 4) is 0 Å². The number of nitrogens with one attached hydrogen (secondary N) is 1. The number of nitrogens with zero attached hydrogens (tertiary/aromatic N) is 1. The molecular weight excluding hydrogens is 229 g/mol. The van der Waals surface area contributed by atoms with Crippen LogP contribution < -0.4 is 5.32 Å². The highest BCUT2D eigenvalue weighted by molar-refractivity contribution is 6.05. The summed E-state index contributed by atoms with van der Waals surface area (Å²) in [5.74, 6) is -2.79. The Morgan fingerprint density at radius 1 is 1.38 bits per heavy atom. The number of amides is 1. The van der Waals surface area contributed by atoms with Crippen LogP contribution in [0, 0.1) is 0 Å². The molecule has 0 unspecified atom stereocenters. The lowest BCUT2D eigenvalue weighted by atomic mass is 10.1. The molecule has 0 aliphatic carbocycles. The van der Waals surface area contributed by atoms with Gasteiger partial charge >= 0.3 is 12.3 Å². The second-order valence-electron chi connectivity index (χ2n) is 2.66. The van der Waals surface area contributed by atoms with Gasteiger partial charge in [0.2, 0.25) is 0 Å². The van der Waals surface area contributed by atoms with E-state index >= 15 is 0 Å². The van der Waals surface area contributed by atoms with Crippen LogP contribution in [0.4, 0.5) is 23.8 Å². The minimum atomic E-state index is -5.07. The highest BCUT2D eigenvalue weighted by Crippen LogP contribution is 2.24. The first-order valence-electron chi connectivity index (χ1n) is 3.89. The zero-order valence-electron chi connectivity index (χ0n) is 7.58. The van der Waals surface area contributed by atoms with Crippen molar-refractivity contribution in [2.45, 2.75) is 6.18 Å². The lowest BCUT2D eigenvalue weighted by Gasteiger charge is -2.08. The maximum Gasteiger partial charge on any atom is 0.455 e. The van der Waals surface area contributed by atoms with Gasteiger partial charge in [0.25, 0.3) is 5.78 Å². The Balaban J connectivity index is 3.13. The number of carbonyl (C=O) groups is 2. The smallest absolute Gasteiger partial charge is 0.455 e. The summed E-state index contributed by atoms with van der Waals surface area (Å²) in [5, 5.41) is 9.94. The largest absolute Gasteiger partial charge is 0.465 e. The molecule has 2 N–H and O–H groups in total. The number of Topliss-reactive ketones (excluding diaryl/α,β-unsaturated/α-hetero) is 1. The fourth-order valence-corrected chi connectivity index (χ4v) is 0.942. The van der Waals surface area contributed by atoms with Gasteiger partial charge in [-0.3, -0.25) is 10.1 Å². The van der Waals surface area contributed by atoms with Gasteiger partial charge in [0.15, 0.2) is 0 Å². The van der Waals surface area contributed by atoms with Crippen LogP contribution in [-0.4, -0.2) is 28.1 Å². The summed E-state index contributed by atoms with van der Waals surface area (Å²) in [6, 6.07) is 1.94. The topological polar surface area (TPSA) is 79.3 Å². The van der Waals surface area contributed by atoms with Crippen LogP contribution in [0.1, 0.15) is 10.4 Å². The fourth-order valence-electron chi connectivity index (χ4n) is 0.942. The van der Waals surface area contributed by atoms with Gasteiger partial charge in [-0.25, -0.2) is 9.78 Å². The van der Waals surface area contributed by atoms with Gasteiger partial charge in [0.05, 0.1) is 5.56 Å². The number of hydrogen-bond donors (Lipinski definition) is 2. The molecule has 0 aliphatic heterocycles. The molecule has 0 bridgehead atoms. The SMILES string of the molecule is O=C(O)Nc1ncccc1C(=O)C(F)(F)F. The number of aromatic nitrogens is 1. The molecule has 0 aliphatic rings. The number of halogens is 3. The summed E-state index contributed by atoms with van der Waals surface area (Å²) in [6.45, 7) is 0. The zero-order valence-corrected chi connectivity index (χ0v) is 7.58. The van der Waals surface area contributed by atoms with E-state index in [0.717, 1.165) is 18.3 Å². The quantitative estimate of drug-likeness (QED) is 0.766. The van der Waals surface area contributed by atoms with Gasteiger partial charge in [-0.15, -0.1) is 0 Å². The van der Waals surface area contributed by atoms with Crippen molar-refractivity contribution in [1.82, 2.24) is 4.98 Å². The van der Waals surface area contributed by atoms with Crippen molar-refractivity contribution in [2.75, 3.05) is 5.32 Å². The van der Waals surface area contributed by atoms with Gasteiger partial charge in [-0.2, -0.15) is 13.2 Å². The minimum Gasteiger partial charge on any atom is -0.465 e. The van der Waals surface area contributed by atoms with Gasteiger partial charge in [-0.05, 0) is 12.1 Å². The van der Waals surface area contributed by atoms with E-state index in [0.29, 0.717) is 0 Å². The molecule has 1 rings (SSSR count). The molecule has 0 saturated heterocycles. The van der Waals surface area contributed by atoms with E-state index in [4.69, 9.17) is 5.11 Å². The monoisotopic (exact) mass is 234 g/mol. The number of rotatable bonds is 2. The number of pyridine rings is 1. The first kappa shape index (κ1) is 12.0. The first-order valence-corrected chi connectivity index (χ1v) is 3.89. The zero-order chi connectivity index (χ0) is 12.3. The Labute approximate surface area is 86.9 Å². The molecule has 0 atom stereocenters. The van der Waals surface area contributed by atoms with Crippen molar-refractivity contribution in [3.63, 3.8) is 0 Å². The summed E-state index contributed by atoms with van der Waals surface area (Å²) in [5.41, 5.74) is -0.836. The number of anilines is 1. The van der Waals surface area contributed by atoms with E-state index in [2.05, 4.69) is 4.98 Å². The van der Waals surface area contributed by atoms with Gasteiger partial charge in [-0.1, -0.05) is 0 Å². The molecule has 8 heteroatoms. The van der Waals surface area contributed by atoms with Crippen LogP contribution in [0.3, 0.4) is 0 Å². The highest BCUT2D eigenvalue weighted by Gasteiger charge is 2.40. The lowest BCUT2D eigenvalue weighted by molar-refractivity contribution is -0.0884. The molecule has 1 aromatic heterocycles. The molecule has 1 amide bonds. The molecule has 0 fully saturated rings. The Morgan fingerprint density at radius 3 is 2.50 bits per heavy atom. The van der Waals surface area contributed by atoms with Crippen LogP contribution in [0.15, 0.2) is 18.3 Å². The summed E-state index contributed by atoms with van der Waals surface area (Å²) >= 11 is 0. The van der Waals surface area contributed by atoms with Crippen molar-refractivity contribution in [3.05, 3.63) is 23.9 Å². The summed E-state index contributed by atoms with van der Waals surface area (Å²) < 4.78 is 36.3. The molecule has 0 radical (unpaired) electrons. The third-order valence-corrected chi connectivity index (χ3v) is 1.54. The number of carbonyl (C=O) groups excluding carboxylic acids is 1. The Kier molecular flexibility index (Phi) is 3.11. The lowest BCUT2D eigenvalue weighted by Crippen LogP contribution is -2.25. The Hall–Kier alpha value is -2.12. The molecule has 86 valence electrons. The summed E-state index contributed by atoms with van der Waals surface area (Å²) in [7, 11) is 0. The fraction of sp³-hybridized carbons (Fsp3) is 0.125. The van der Waals surface area contributed by atoms with E-state index < -0.39 is 29.4 Å². The molecule has 5 nitrogen and oxygen atoms in total. The second kappa shape index (κ2) is 4.17. The van der Waals surface area contributed by atoms with Crippen LogP contribution in [-0.2, 0) is 0 Å². The average molecular weight is 234 g/mol.